The van der Waals surface area contributed by atoms with Crippen molar-refractivity contribution in [3.63, 3.8) is 0 Å². The molecule has 0 aliphatic carbocycles. The summed E-state index contributed by atoms with van der Waals surface area (Å²) in [6.07, 6.45) is 0. The molecule has 2 aromatic carbocycles. The van der Waals surface area contributed by atoms with Crippen molar-refractivity contribution in [2.45, 2.75) is 39.7 Å². The minimum atomic E-state index is -0.159. The Morgan fingerprint density at radius 2 is 1.80 bits per heavy atom. The van der Waals surface area contributed by atoms with Gasteiger partial charge in [-0.15, -0.1) is 0 Å². The number of nitrogens with zero attached hydrogens (tertiary/aromatic N) is 1. The van der Waals surface area contributed by atoms with Crippen LogP contribution in [0.4, 0.5) is 4.79 Å². The molecule has 0 radical (unpaired) electrons. The number of aryl methyl sites for hydroxylation is 1. The number of ether oxygens (including phenoxy) is 1. The molecule has 134 valence electrons. The summed E-state index contributed by atoms with van der Waals surface area (Å²) in [5.41, 5.74) is 3.41. The molecule has 0 bridgehead atoms. The summed E-state index contributed by atoms with van der Waals surface area (Å²) in [6, 6.07) is 15.9. The van der Waals surface area contributed by atoms with E-state index >= 15 is 0 Å². The van der Waals surface area contributed by atoms with E-state index in [1.165, 1.54) is 5.56 Å². The molecule has 0 spiro atoms. The molecule has 0 saturated heterocycles. The van der Waals surface area contributed by atoms with Crippen molar-refractivity contribution >= 4 is 6.03 Å². The van der Waals surface area contributed by atoms with Crippen molar-refractivity contribution in [3.8, 4) is 5.75 Å². The van der Waals surface area contributed by atoms with E-state index in [9.17, 15) is 4.79 Å². The third kappa shape index (κ3) is 5.52. The smallest absolute Gasteiger partial charge is 0.320 e. The molecule has 0 atom stereocenters. The largest absolute Gasteiger partial charge is 0.473 e. The molecule has 0 fully saturated rings. The SMILES string of the molecule is Cc1ccc(OCNC(=O)N(C)Cc2ccccc2)c(C(C)(C)C)c1. The number of hydrogen-bond donors (Lipinski definition) is 1. The van der Waals surface area contributed by atoms with Crippen LogP contribution in [0.15, 0.2) is 48.5 Å². The van der Waals surface area contributed by atoms with Gasteiger partial charge in [0.25, 0.3) is 0 Å². The van der Waals surface area contributed by atoms with Gasteiger partial charge in [-0.3, -0.25) is 0 Å². The Hall–Kier alpha value is -2.49. The number of carbonyl (C=O) groups excluding carboxylic acids is 1. The second-order valence-electron chi connectivity index (χ2n) is 7.36. The van der Waals surface area contributed by atoms with Gasteiger partial charge in [-0.2, -0.15) is 0 Å². The average Bonchev–Trinajstić information content (AvgIpc) is 2.56. The van der Waals surface area contributed by atoms with Gasteiger partial charge in [-0.05, 0) is 29.5 Å². The van der Waals surface area contributed by atoms with Crippen molar-refractivity contribution in [1.82, 2.24) is 10.2 Å². The molecule has 0 aliphatic heterocycles. The maximum Gasteiger partial charge on any atom is 0.320 e. The lowest BCUT2D eigenvalue weighted by Gasteiger charge is -2.24. The van der Waals surface area contributed by atoms with Crippen LogP contribution in [0, 0.1) is 6.92 Å². The van der Waals surface area contributed by atoms with Gasteiger partial charge >= 0.3 is 6.03 Å². The molecule has 4 heteroatoms. The first-order chi connectivity index (χ1) is 11.8. The molecule has 0 saturated carbocycles. The number of nitrogens with one attached hydrogen (secondary N) is 1. The molecule has 2 rings (SSSR count). The molecular formula is C21H28N2O2. The molecule has 1 N–H and O–H groups in total. The first-order valence-electron chi connectivity index (χ1n) is 8.54. The second kappa shape index (κ2) is 8.06. The maximum absolute atomic E-state index is 12.2. The highest BCUT2D eigenvalue weighted by atomic mass is 16.5. The highest BCUT2D eigenvalue weighted by Crippen LogP contribution is 2.31. The molecule has 0 aromatic heterocycles. The van der Waals surface area contributed by atoms with Gasteiger partial charge in [0.15, 0.2) is 6.73 Å². The standard InChI is InChI=1S/C21H28N2O2/c1-16-11-12-19(18(13-16)21(2,3)4)25-15-22-20(24)23(5)14-17-9-7-6-8-10-17/h6-13H,14-15H2,1-5H3,(H,22,24). The Kier molecular flexibility index (Phi) is 6.07. The lowest BCUT2D eigenvalue weighted by Crippen LogP contribution is -2.38. The van der Waals surface area contributed by atoms with E-state index in [4.69, 9.17) is 4.74 Å². The summed E-state index contributed by atoms with van der Waals surface area (Å²) in [5.74, 6) is 0.809. The molecule has 4 nitrogen and oxygen atoms in total. The zero-order valence-corrected chi connectivity index (χ0v) is 15.8. The van der Waals surface area contributed by atoms with E-state index in [-0.39, 0.29) is 18.2 Å². The van der Waals surface area contributed by atoms with Crippen LogP contribution in [0.5, 0.6) is 5.75 Å². The number of benzene rings is 2. The Morgan fingerprint density at radius 1 is 1.12 bits per heavy atom. The van der Waals surface area contributed by atoms with E-state index in [1.807, 2.05) is 42.5 Å². The van der Waals surface area contributed by atoms with Crippen LogP contribution in [0.1, 0.15) is 37.5 Å². The van der Waals surface area contributed by atoms with Crippen LogP contribution >= 0.6 is 0 Å². The summed E-state index contributed by atoms with van der Waals surface area (Å²) in [7, 11) is 1.77. The predicted octanol–water partition coefficient (Wildman–Crippen LogP) is 4.47. The van der Waals surface area contributed by atoms with Gasteiger partial charge < -0.3 is 15.0 Å². The van der Waals surface area contributed by atoms with Crippen molar-refractivity contribution in [3.05, 3.63) is 65.2 Å². The number of rotatable bonds is 5. The van der Waals surface area contributed by atoms with Crippen LogP contribution in [0.2, 0.25) is 0 Å². The average molecular weight is 340 g/mol. The minimum Gasteiger partial charge on any atom is -0.473 e. The van der Waals surface area contributed by atoms with Gasteiger partial charge in [-0.25, -0.2) is 4.79 Å². The molecule has 0 unspecified atom stereocenters. The van der Waals surface area contributed by atoms with E-state index in [0.717, 1.165) is 16.9 Å². The van der Waals surface area contributed by atoms with Crippen LogP contribution in [0.3, 0.4) is 0 Å². The summed E-state index contributed by atoms with van der Waals surface area (Å²) in [5, 5.41) is 2.81. The normalized spacial score (nSPS) is 11.1. The molecule has 2 amide bonds. The van der Waals surface area contributed by atoms with Gasteiger partial charge in [0.1, 0.15) is 5.75 Å². The van der Waals surface area contributed by atoms with E-state index < -0.39 is 0 Å². The predicted molar refractivity (Wildman–Crippen MR) is 102 cm³/mol. The Balaban J connectivity index is 1.91. The summed E-state index contributed by atoms with van der Waals surface area (Å²) >= 11 is 0. The van der Waals surface area contributed by atoms with E-state index in [1.54, 1.807) is 11.9 Å². The monoisotopic (exact) mass is 340 g/mol. The maximum atomic E-state index is 12.2. The summed E-state index contributed by atoms with van der Waals surface area (Å²) in [4.78, 5) is 13.8. The zero-order valence-electron chi connectivity index (χ0n) is 15.8. The second-order valence-corrected chi connectivity index (χ2v) is 7.36. The molecule has 0 heterocycles. The van der Waals surface area contributed by atoms with Gasteiger partial charge in [0.05, 0.1) is 0 Å². The quantitative estimate of drug-likeness (QED) is 0.816. The Bertz CT molecular complexity index is 706. The van der Waals surface area contributed by atoms with Crippen molar-refractivity contribution in [1.29, 1.82) is 0 Å². The van der Waals surface area contributed by atoms with Crippen LogP contribution in [-0.2, 0) is 12.0 Å². The third-order valence-electron chi connectivity index (χ3n) is 4.00. The number of amides is 2. The summed E-state index contributed by atoms with van der Waals surface area (Å²) in [6.45, 7) is 9.23. The first kappa shape index (κ1) is 18.8. The molecule has 0 aliphatic rings. The lowest BCUT2D eigenvalue weighted by molar-refractivity contribution is 0.192. The highest BCUT2D eigenvalue weighted by molar-refractivity contribution is 5.73. The minimum absolute atomic E-state index is 0.0184. The third-order valence-corrected chi connectivity index (χ3v) is 4.00. The fourth-order valence-corrected chi connectivity index (χ4v) is 2.60. The molecular weight excluding hydrogens is 312 g/mol. The van der Waals surface area contributed by atoms with Crippen molar-refractivity contribution in [2.75, 3.05) is 13.8 Å². The highest BCUT2D eigenvalue weighted by Gasteiger charge is 2.19. The van der Waals surface area contributed by atoms with Crippen LogP contribution < -0.4 is 10.1 Å². The van der Waals surface area contributed by atoms with Crippen LogP contribution in [0.25, 0.3) is 0 Å². The van der Waals surface area contributed by atoms with Crippen molar-refractivity contribution in [2.24, 2.45) is 0 Å². The van der Waals surface area contributed by atoms with Gasteiger partial charge in [0, 0.05) is 13.6 Å². The Labute approximate surface area is 150 Å². The van der Waals surface area contributed by atoms with Gasteiger partial charge in [-0.1, -0.05) is 68.8 Å². The fraction of sp³-hybridized carbons (Fsp3) is 0.381. The van der Waals surface area contributed by atoms with E-state index in [2.05, 4.69) is 39.1 Å². The first-order valence-corrected chi connectivity index (χ1v) is 8.54. The number of urea groups is 1. The van der Waals surface area contributed by atoms with Crippen LogP contribution in [-0.4, -0.2) is 24.7 Å². The topological polar surface area (TPSA) is 41.6 Å². The number of carbonyl (C=O) groups is 1. The molecule has 25 heavy (non-hydrogen) atoms. The van der Waals surface area contributed by atoms with E-state index in [0.29, 0.717) is 6.54 Å². The fourth-order valence-electron chi connectivity index (χ4n) is 2.60. The Morgan fingerprint density at radius 3 is 2.44 bits per heavy atom. The van der Waals surface area contributed by atoms with Gasteiger partial charge in [0.2, 0.25) is 0 Å². The lowest BCUT2D eigenvalue weighted by atomic mass is 9.85. The molecule has 2 aromatic rings. The summed E-state index contributed by atoms with van der Waals surface area (Å²) < 4.78 is 5.83. The zero-order chi connectivity index (χ0) is 18.4. The number of hydrogen-bond acceptors (Lipinski definition) is 2. The van der Waals surface area contributed by atoms with Crippen molar-refractivity contribution < 1.29 is 9.53 Å².